The van der Waals surface area contributed by atoms with Gasteiger partial charge in [-0.05, 0) is 26.7 Å². The van der Waals surface area contributed by atoms with Crippen molar-refractivity contribution < 1.29 is 4.48 Å². The Morgan fingerprint density at radius 2 is 1.36 bits per heavy atom. The first-order chi connectivity index (χ1) is 6.83. The van der Waals surface area contributed by atoms with Crippen LogP contribution in [0, 0.1) is 0 Å². The maximum Gasteiger partial charge on any atom is 0.236 e. The third-order valence-electron chi connectivity index (χ3n) is 4.11. The van der Waals surface area contributed by atoms with Crippen LogP contribution in [-0.4, -0.2) is 45.9 Å². The van der Waals surface area contributed by atoms with Gasteiger partial charge in [-0.15, -0.1) is 0 Å². The van der Waals surface area contributed by atoms with Gasteiger partial charge in [0.1, 0.15) is 0 Å². The van der Waals surface area contributed by atoms with Crippen LogP contribution in [0.3, 0.4) is 0 Å². The van der Waals surface area contributed by atoms with Crippen molar-refractivity contribution >= 4 is 15.2 Å². The molecule has 14 heavy (non-hydrogen) atoms. The third kappa shape index (κ3) is 3.93. The van der Waals surface area contributed by atoms with Crippen molar-refractivity contribution in [3.63, 3.8) is 0 Å². The van der Waals surface area contributed by atoms with Crippen molar-refractivity contribution in [2.45, 2.75) is 50.1 Å². The average Bonchev–Trinajstić information content (AvgIpc) is 2.26. The Hall–Kier alpha value is 0.492. The smallest absolute Gasteiger partial charge is 0.236 e. The van der Waals surface area contributed by atoms with Gasteiger partial charge in [-0.3, -0.25) is 0 Å². The van der Waals surface area contributed by atoms with Gasteiger partial charge in [-0.1, -0.05) is 23.4 Å². The Bertz CT molecular complexity index is 131. The molecule has 0 spiro atoms. The summed E-state index contributed by atoms with van der Waals surface area (Å²) in [5, 5.41) is 3.24. The molecule has 0 unspecified atom stereocenters. The summed E-state index contributed by atoms with van der Waals surface area (Å²) in [6, 6.07) is 0. The predicted molar refractivity (Wildman–Crippen MR) is 66.3 cm³/mol. The van der Waals surface area contributed by atoms with E-state index in [2.05, 4.69) is 13.8 Å². The minimum Gasteiger partial charge on any atom is -0.324 e. The minimum absolute atomic E-state index is 0.358. The summed E-state index contributed by atoms with van der Waals surface area (Å²) in [6.07, 6.45) is 6.06. The third-order valence-corrected chi connectivity index (χ3v) is 6.11. The zero-order valence-electron chi connectivity index (χ0n) is 10.2. The number of rotatable bonds is 2. The summed E-state index contributed by atoms with van der Waals surface area (Å²) >= 11 is 0.358. The fraction of sp³-hybridized carbons (Fsp3) is 1.00. The molecule has 0 bridgehead atoms. The molecule has 0 aromatic carbocycles. The van der Waals surface area contributed by atoms with Crippen molar-refractivity contribution in [1.29, 1.82) is 0 Å². The van der Waals surface area contributed by atoms with E-state index in [1.807, 2.05) is 0 Å². The lowest BCUT2D eigenvalue weighted by Gasteiger charge is -2.37. The Labute approximate surface area is 96.2 Å². The molecule has 0 aliphatic carbocycles. The molecule has 1 heterocycles. The predicted octanol–water partition coefficient (Wildman–Crippen LogP) is 2.69. The van der Waals surface area contributed by atoms with E-state index >= 15 is 0 Å². The lowest BCUT2D eigenvalue weighted by Crippen LogP contribution is -2.49. The molecule has 1 rings (SSSR count). The van der Waals surface area contributed by atoms with Crippen molar-refractivity contribution in [1.82, 2.24) is 0 Å². The Balaban J connectivity index is 2.44. The molecule has 0 aromatic rings. The topological polar surface area (TPSA) is 0 Å². The molecule has 1 saturated heterocycles. The average molecular weight is 212 g/mol. The van der Waals surface area contributed by atoms with Crippen LogP contribution >= 0.6 is 0 Å². The molecule has 1 fully saturated rings. The molecule has 82 valence electrons. The summed E-state index contributed by atoms with van der Waals surface area (Å²) in [5.41, 5.74) is 0. The molecule has 0 amide bonds. The number of hydrogen-bond donors (Lipinski definition) is 0. The van der Waals surface area contributed by atoms with Gasteiger partial charge in [0.25, 0.3) is 0 Å². The highest BCUT2D eigenvalue weighted by Crippen LogP contribution is 2.15. The summed E-state index contributed by atoms with van der Waals surface area (Å²) in [6.45, 7) is 10.4. The van der Waals surface area contributed by atoms with Gasteiger partial charge in [0.2, 0.25) is 15.2 Å². The second-order valence-corrected chi connectivity index (χ2v) is 7.02. The fourth-order valence-electron chi connectivity index (χ4n) is 2.75. The van der Waals surface area contributed by atoms with Crippen LogP contribution in [0.25, 0.3) is 0 Å². The van der Waals surface area contributed by atoms with Crippen molar-refractivity contribution in [3.8, 4) is 0 Å². The largest absolute Gasteiger partial charge is 0.324 e. The molecule has 2 heteroatoms. The van der Waals surface area contributed by atoms with Gasteiger partial charge in [0.05, 0.1) is 26.2 Å². The molecule has 1 aliphatic heterocycles. The normalized spacial score (nSPS) is 23.9. The maximum absolute atomic E-state index is 2.38. The van der Waals surface area contributed by atoms with Crippen molar-refractivity contribution in [3.05, 3.63) is 0 Å². The standard InChI is InChI=1S/C12H26N.Al.H/c1-5-9-11-13(7-3,8-4)12-10-6-2;;/h1-2,5-12H2,3-4H3;;/q+1;;. The van der Waals surface area contributed by atoms with Gasteiger partial charge in [-0.2, -0.15) is 0 Å². The van der Waals surface area contributed by atoms with Crippen LogP contribution in [0.15, 0.2) is 0 Å². The van der Waals surface area contributed by atoms with E-state index < -0.39 is 0 Å². The number of hydrogen-bond acceptors (Lipinski definition) is 0. The van der Waals surface area contributed by atoms with Gasteiger partial charge in [0.15, 0.2) is 0 Å². The lowest BCUT2D eigenvalue weighted by molar-refractivity contribution is -0.925. The summed E-state index contributed by atoms with van der Waals surface area (Å²) in [5.74, 6) is 0. The molecular formula is C12H27AlN+. The molecular weight excluding hydrogens is 185 g/mol. The maximum atomic E-state index is 2.38. The highest BCUT2D eigenvalue weighted by atomic mass is 27.1. The highest BCUT2D eigenvalue weighted by molar-refractivity contribution is 6.35. The molecule has 0 atom stereocenters. The fourth-order valence-corrected chi connectivity index (χ4v) is 4.51. The van der Waals surface area contributed by atoms with E-state index in [9.17, 15) is 0 Å². The van der Waals surface area contributed by atoms with E-state index in [0.717, 1.165) is 0 Å². The summed E-state index contributed by atoms with van der Waals surface area (Å²) in [7, 11) is 0. The SMILES string of the molecule is CC[N+]1(CC)CCC[CH2][AlH][CH2]CCC1. The second kappa shape index (κ2) is 6.88. The Morgan fingerprint density at radius 3 is 1.79 bits per heavy atom. The first-order valence-electron chi connectivity index (χ1n) is 6.68. The first-order valence-corrected chi connectivity index (χ1v) is 8.68. The quantitative estimate of drug-likeness (QED) is 0.487. The summed E-state index contributed by atoms with van der Waals surface area (Å²) in [4.78, 5) is 0. The highest BCUT2D eigenvalue weighted by Gasteiger charge is 2.22. The van der Waals surface area contributed by atoms with Crippen LogP contribution in [-0.2, 0) is 0 Å². The van der Waals surface area contributed by atoms with Gasteiger partial charge >= 0.3 is 0 Å². The van der Waals surface area contributed by atoms with Crippen LogP contribution in [0.4, 0.5) is 0 Å². The van der Waals surface area contributed by atoms with Crippen molar-refractivity contribution in [2.24, 2.45) is 0 Å². The Morgan fingerprint density at radius 1 is 0.857 bits per heavy atom. The van der Waals surface area contributed by atoms with E-state index in [1.54, 1.807) is 10.6 Å². The molecule has 1 nitrogen and oxygen atoms in total. The van der Waals surface area contributed by atoms with E-state index in [0.29, 0.717) is 15.2 Å². The minimum atomic E-state index is 0.358. The van der Waals surface area contributed by atoms with Gasteiger partial charge in [0, 0.05) is 0 Å². The molecule has 1 aliphatic rings. The molecule has 0 N–H and O–H groups in total. The van der Waals surface area contributed by atoms with Crippen LogP contribution in [0.2, 0.25) is 10.6 Å². The zero-order chi connectivity index (χ0) is 10.3. The van der Waals surface area contributed by atoms with Gasteiger partial charge < -0.3 is 4.48 Å². The van der Waals surface area contributed by atoms with Crippen LogP contribution < -0.4 is 0 Å². The molecule has 0 radical (unpaired) electrons. The Kier molecular flexibility index (Phi) is 6.17. The zero-order valence-corrected chi connectivity index (χ0v) is 11.6. The monoisotopic (exact) mass is 212 g/mol. The second-order valence-electron chi connectivity index (χ2n) is 4.90. The van der Waals surface area contributed by atoms with E-state index in [-0.39, 0.29) is 0 Å². The summed E-state index contributed by atoms with van der Waals surface area (Å²) < 4.78 is 1.40. The van der Waals surface area contributed by atoms with Crippen LogP contribution in [0.5, 0.6) is 0 Å². The van der Waals surface area contributed by atoms with Crippen LogP contribution in [0.1, 0.15) is 39.5 Å². The number of quaternary nitrogens is 1. The van der Waals surface area contributed by atoms with Crippen molar-refractivity contribution in [2.75, 3.05) is 26.2 Å². The van der Waals surface area contributed by atoms with E-state index in [1.165, 1.54) is 56.3 Å². The molecule has 0 saturated carbocycles. The lowest BCUT2D eigenvalue weighted by atomic mass is 10.2. The first kappa shape index (κ1) is 12.6. The molecule has 0 aromatic heterocycles. The van der Waals surface area contributed by atoms with Gasteiger partial charge in [-0.25, -0.2) is 0 Å². The van der Waals surface area contributed by atoms with E-state index in [4.69, 9.17) is 0 Å². The number of nitrogens with zero attached hydrogens (tertiary/aromatic N) is 1.